The topological polar surface area (TPSA) is 63.4 Å². The molecule has 3 heterocycles. The zero-order valence-corrected chi connectivity index (χ0v) is 16.3. The fourth-order valence-corrected chi connectivity index (χ4v) is 4.45. The van der Waals surface area contributed by atoms with Crippen LogP contribution in [0.1, 0.15) is 47.2 Å². The van der Waals surface area contributed by atoms with E-state index in [4.69, 9.17) is 16.0 Å². The van der Waals surface area contributed by atoms with Gasteiger partial charge in [-0.1, -0.05) is 23.7 Å². The van der Waals surface area contributed by atoms with Crippen molar-refractivity contribution >= 4 is 45.7 Å². The molecule has 7 heteroatoms. The lowest BCUT2D eigenvalue weighted by atomic mass is 9.97. The van der Waals surface area contributed by atoms with Gasteiger partial charge in [0.1, 0.15) is 5.52 Å². The molecule has 140 valence electrons. The molecule has 3 aromatic rings. The quantitative estimate of drug-likeness (QED) is 0.568. The molecule has 1 amide bonds. The van der Waals surface area contributed by atoms with Crippen molar-refractivity contribution < 1.29 is 14.0 Å². The average molecular weight is 403 g/mol. The zero-order valence-electron chi connectivity index (χ0n) is 14.7. The second-order valence-corrected chi connectivity index (χ2v) is 8.44. The van der Waals surface area contributed by atoms with Gasteiger partial charge in [0.05, 0.1) is 15.1 Å². The summed E-state index contributed by atoms with van der Waals surface area (Å²) in [6.45, 7) is 1.30. The molecule has 0 aliphatic carbocycles. The number of hydrogen-bond donors (Lipinski definition) is 0. The number of fused-ring (bicyclic) bond motifs is 1. The normalized spacial score (nSPS) is 17.4. The number of Topliss-reactive ketones (excluding diaryl/α,β-unsaturated/α-hetero) is 1. The Labute approximate surface area is 165 Å². The highest BCUT2D eigenvalue weighted by atomic mass is 35.5. The Bertz CT molecular complexity index is 947. The van der Waals surface area contributed by atoms with E-state index in [0.717, 1.165) is 23.9 Å². The minimum Gasteiger partial charge on any atom is -0.440 e. The Morgan fingerprint density at radius 2 is 2.07 bits per heavy atom. The molecule has 0 N–H and O–H groups in total. The van der Waals surface area contributed by atoms with Gasteiger partial charge in [0.15, 0.2) is 17.3 Å². The second-order valence-electron chi connectivity index (χ2n) is 6.73. The molecule has 2 aromatic heterocycles. The maximum Gasteiger partial charge on any atom is 0.223 e. The third kappa shape index (κ3) is 4.06. The molecule has 1 atom stereocenters. The molecule has 0 unspecified atom stereocenters. The molecule has 27 heavy (non-hydrogen) atoms. The Kier molecular flexibility index (Phi) is 5.27. The number of carbonyl (C=O) groups is 2. The van der Waals surface area contributed by atoms with Crippen molar-refractivity contribution in [2.45, 2.75) is 31.6 Å². The smallest absolute Gasteiger partial charge is 0.223 e. The number of carbonyl (C=O) groups excluding carboxylic acids is 2. The first-order valence-electron chi connectivity index (χ1n) is 9.02. The van der Waals surface area contributed by atoms with Gasteiger partial charge >= 0.3 is 0 Å². The van der Waals surface area contributed by atoms with Gasteiger partial charge in [0.25, 0.3) is 0 Å². The SMILES string of the molecule is O=C(CCC(=O)N1CCC[C@H](c2nc3ccccc3o2)C1)c1ccc(Cl)s1. The molecule has 1 aliphatic heterocycles. The van der Waals surface area contributed by atoms with E-state index in [-0.39, 0.29) is 30.4 Å². The molecule has 4 rings (SSSR count). The maximum absolute atomic E-state index is 12.6. The third-order valence-corrected chi connectivity index (χ3v) is 6.12. The lowest BCUT2D eigenvalue weighted by Gasteiger charge is -2.31. The van der Waals surface area contributed by atoms with Crippen molar-refractivity contribution in [2.75, 3.05) is 13.1 Å². The summed E-state index contributed by atoms with van der Waals surface area (Å²) in [5, 5.41) is 0. The number of rotatable bonds is 5. The van der Waals surface area contributed by atoms with Crippen LogP contribution in [0.4, 0.5) is 0 Å². The number of nitrogens with zero attached hydrogens (tertiary/aromatic N) is 2. The summed E-state index contributed by atoms with van der Waals surface area (Å²) in [6.07, 6.45) is 2.28. The van der Waals surface area contributed by atoms with Gasteiger partial charge in [-0.05, 0) is 37.1 Å². The van der Waals surface area contributed by atoms with E-state index < -0.39 is 0 Å². The lowest BCUT2D eigenvalue weighted by Crippen LogP contribution is -2.39. The monoisotopic (exact) mass is 402 g/mol. The molecule has 5 nitrogen and oxygen atoms in total. The van der Waals surface area contributed by atoms with Crippen molar-refractivity contribution in [3.63, 3.8) is 0 Å². The first-order valence-corrected chi connectivity index (χ1v) is 10.2. The third-order valence-electron chi connectivity index (χ3n) is 4.85. The molecule has 1 aromatic carbocycles. The minimum absolute atomic E-state index is 0.00631. The standard InChI is InChI=1S/C20H19ClN2O3S/c21-18-9-8-17(27-18)15(24)7-10-19(25)23-11-3-4-13(12-23)20-22-14-5-1-2-6-16(14)26-20/h1-2,5-6,8-9,13H,3-4,7,10-12H2/t13-/m0/s1. The molecule has 0 saturated carbocycles. The van der Waals surface area contributed by atoms with Crippen molar-refractivity contribution in [3.05, 3.63) is 51.5 Å². The fourth-order valence-electron chi connectivity index (χ4n) is 3.44. The van der Waals surface area contributed by atoms with Crippen LogP contribution in [0.3, 0.4) is 0 Å². The van der Waals surface area contributed by atoms with Crippen LogP contribution < -0.4 is 0 Å². The van der Waals surface area contributed by atoms with Gasteiger partial charge in [-0.3, -0.25) is 9.59 Å². The van der Waals surface area contributed by atoms with Crippen LogP contribution in [0, 0.1) is 0 Å². The molecule has 1 aliphatic rings. The van der Waals surface area contributed by atoms with Crippen LogP contribution in [-0.2, 0) is 4.79 Å². The molecule has 0 radical (unpaired) electrons. The predicted molar refractivity (Wildman–Crippen MR) is 105 cm³/mol. The number of para-hydroxylation sites is 2. The first-order chi connectivity index (χ1) is 13.1. The summed E-state index contributed by atoms with van der Waals surface area (Å²) in [6, 6.07) is 11.1. The number of thiophene rings is 1. The number of oxazole rings is 1. The number of hydrogen-bond acceptors (Lipinski definition) is 5. The average Bonchev–Trinajstić information content (AvgIpc) is 3.32. The highest BCUT2D eigenvalue weighted by molar-refractivity contribution is 7.18. The van der Waals surface area contributed by atoms with Crippen LogP contribution >= 0.6 is 22.9 Å². The van der Waals surface area contributed by atoms with Crippen molar-refractivity contribution in [2.24, 2.45) is 0 Å². The van der Waals surface area contributed by atoms with E-state index in [1.54, 1.807) is 12.1 Å². The number of likely N-dealkylation sites (tertiary alicyclic amines) is 1. The minimum atomic E-state index is -0.0345. The van der Waals surface area contributed by atoms with Crippen LogP contribution in [0.25, 0.3) is 11.1 Å². The Morgan fingerprint density at radius 1 is 1.22 bits per heavy atom. The van der Waals surface area contributed by atoms with E-state index in [0.29, 0.717) is 28.2 Å². The molecule has 0 spiro atoms. The van der Waals surface area contributed by atoms with Crippen LogP contribution in [0.5, 0.6) is 0 Å². The number of ketones is 1. The number of piperidine rings is 1. The lowest BCUT2D eigenvalue weighted by molar-refractivity contribution is -0.132. The van der Waals surface area contributed by atoms with E-state index in [1.165, 1.54) is 11.3 Å². The van der Waals surface area contributed by atoms with Crippen molar-refractivity contribution in [1.82, 2.24) is 9.88 Å². The summed E-state index contributed by atoms with van der Waals surface area (Å²) in [5.41, 5.74) is 1.62. The number of benzene rings is 1. The number of halogens is 1. The van der Waals surface area contributed by atoms with Crippen LogP contribution in [0.2, 0.25) is 4.34 Å². The summed E-state index contributed by atoms with van der Waals surface area (Å²) >= 11 is 7.12. The Morgan fingerprint density at radius 3 is 2.85 bits per heavy atom. The fraction of sp³-hybridized carbons (Fsp3) is 0.350. The number of amides is 1. The number of aromatic nitrogens is 1. The van der Waals surface area contributed by atoms with Gasteiger partial charge in [0, 0.05) is 25.9 Å². The van der Waals surface area contributed by atoms with E-state index in [1.807, 2.05) is 29.2 Å². The van der Waals surface area contributed by atoms with E-state index in [2.05, 4.69) is 4.98 Å². The van der Waals surface area contributed by atoms with Crippen LogP contribution in [0.15, 0.2) is 40.8 Å². The van der Waals surface area contributed by atoms with E-state index >= 15 is 0 Å². The molecule has 0 bridgehead atoms. The molecule has 1 fully saturated rings. The summed E-state index contributed by atoms with van der Waals surface area (Å²) in [4.78, 5) is 31.8. The zero-order chi connectivity index (χ0) is 18.8. The highest BCUT2D eigenvalue weighted by Crippen LogP contribution is 2.29. The Hall–Kier alpha value is -2.18. The first kappa shape index (κ1) is 18.2. The molecule has 1 saturated heterocycles. The molecular weight excluding hydrogens is 384 g/mol. The van der Waals surface area contributed by atoms with Crippen molar-refractivity contribution in [3.8, 4) is 0 Å². The molecular formula is C20H19ClN2O3S. The second kappa shape index (κ2) is 7.82. The highest BCUT2D eigenvalue weighted by Gasteiger charge is 2.28. The summed E-state index contributed by atoms with van der Waals surface area (Å²) in [7, 11) is 0. The maximum atomic E-state index is 12.6. The van der Waals surface area contributed by atoms with Gasteiger partial charge in [-0.15, -0.1) is 11.3 Å². The largest absolute Gasteiger partial charge is 0.440 e. The van der Waals surface area contributed by atoms with E-state index in [9.17, 15) is 9.59 Å². The van der Waals surface area contributed by atoms with Gasteiger partial charge < -0.3 is 9.32 Å². The van der Waals surface area contributed by atoms with Gasteiger partial charge in [-0.25, -0.2) is 4.98 Å². The van der Waals surface area contributed by atoms with Crippen molar-refractivity contribution in [1.29, 1.82) is 0 Å². The summed E-state index contributed by atoms with van der Waals surface area (Å²) in [5.74, 6) is 0.763. The Balaban J connectivity index is 1.37. The summed E-state index contributed by atoms with van der Waals surface area (Å²) < 4.78 is 6.46. The predicted octanol–water partition coefficient (Wildman–Crippen LogP) is 4.91. The van der Waals surface area contributed by atoms with Crippen LogP contribution in [-0.4, -0.2) is 34.7 Å². The van der Waals surface area contributed by atoms with Gasteiger partial charge in [-0.2, -0.15) is 0 Å². The van der Waals surface area contributed by atoms with Gasteiger partial charge in [0.2, 0.25) is 5.91 Å².